The minimum absolute atomic E-state index is 0.134. The maximum atomic E-state index is 13.7. The molecular weight excluding hydrogens is 749 g/mol. The van der Waals surface area contributed by atoms with E-state index < -0.39 is 30.0 Å². The quantitative estimate of drug-likeness (QED) is 0.0663. The number of aliphatic hydroxyl groups is 1. The average molecular weight is 809 g/mol. The molecule has 2 aromatic heterocycles. The van der Waals surface area contributed by atoms with Crippen LogP contribution >= 0.6 is 11.3 Å². The van der Waals surface area contributed by atoms with E-state index in [1.54, 1.807) is 63.0 Å². The number of aldehydes is 1. The fourth-order valence-corrected chi connectivity index (χ4v) is 6.31. The van der Waals surface area contributed by atoms with Gasteiger partial charge < -0.3 is 30.0 Å². The highest BCUT2D eigenvalue weighted by atomic mass is 32.1. The van der Waals surface area contributed by atoms with Crippen molar-refractivity contribution in [3.63, 3.8) is 0 Å². The van der Waals surface area contributed by atoms with Gasteiger partial charge in [-0.2, -0.15) is 0 Å². The van der Waals surface area contributed by atoms with Crippen LogP contribution in [0.2, 0.25) is 0 Å². The fourth-order valence-electron chi connectivity index (χ4n) is 5.34. The van der Waals surface area contributed by atoms with E-state index in [0.29, 0.717) is 29.2 Å². The molecule has 10 nitrogen and oxygen atoms in total. The number of thiophene rings is 1. The van der Waals surface area contributed by atoms with E-state index in [1.807, 2.05) is 54.6 Å². The molecule has 3 atom stereocenters. The highest BCUT2D eigenvalue weighted by Gasteiger charge is 2.29. The maximum Gasteiger partial charge on any atom is 0.262 e. The van der Waals surface area contributed by atoms with Crippen molar-refractivity contribution in [2.75, 3.05) is 20.8 Å². The standard InChI is InChI=1S/C41H44N4O5S.C4H10.C2H6O/c1-5-6-22-50-32-18-16-28(17-19-32)31-24-42-38(43-25-31)30-14-12-27(13-15-30)23-33(44-40(49)35-20-21-36(51-35)41(2,3)4)39(48)45-34(26-46)37(47)29-10-8-7-9-11-29;1-3-4-2;1-3-2/h7-21,24-26,33-34,37,47H,5-6,22-23H2,1-4H3,(H,44,49)(H,45,48);3-4H2,1-2H3;1-2H3. The molecule has 0 fully saturated rings. The van der Waals surface area contributed by atoms with Gasteiger partial charge in [-0.15, -0.1) is 11.3 Å². The van der Waals surface area contributed by atoms with Crippen molar-refractivity contribution in [2.45, 2.75) is 97.2 Å². The van der Waals surface area contributed by atoms with Crippen LogP contribution in [-0.4, -0.2) is 66.1 Å². The van der Waals surface area contributed by atoms with Crippen LogP contribution in [0.25, 0.3) is 22.5 Å². The van der Waals surface area contributed by atoms with E-state index in [2.05, 4.69) is 66.9 Å². The van der Waals surface area contributed by atoms with Gasteiger partial charge in [0.2, 0.25) is 5.91 Å². The summed E-state index contributed by atoms with van der Waals surface area (Å²) < 4.78 is 10.0. The molecule has 58 heavy (non-hydrogen) atoms. The Balaban J connectivity index is 0.00000119. The first-order chi connectivity index (χ1) is 27.9. The molecule has 5 aromatic rings. The lowest BCUT2D eigenvalue weighted by molar-refractivity contribution is -0.127. The molecule has 5 rings (SSSR count). The van der Waals surface area contributed by atoms with Gasteiger partial charge in [-0.1, -0.05) is 128 Å². The van der Waals surface area contributed by atoms with Crippen molar-refractivity contribution in [2.24, 2.45) is 0 Å². The number of carbonyl (C=O) groups is 3. The van der Waals surface area contributed by atoms with E-state index in [1.165, 1.54) is 24.2 Å². The molecule has 2 amide bonds. The zero-order chi connectivity index (χ0) is 42.5. The highest BCUT2D eigenvalue weighted by molar-refractivity contribution is 7.14. The van der Waals surface area contributed by atoms with Crippen LogP contribution in [0.1, 0.15) is 99.0 Å². The van der Waals surface area contributed by atoms with Crippen LogP contribution in [0.15, 0.2) is 103 Å². The number of methoxy groups -OCH3 is 1. The molecule has 0 aliphatic heterocycles. The van der Waals surface area contributed by atoms with Gasteiger partial charge >= 0.3 is 0 Å². The summed E-state index contributed by atoms with van der Waals surface area (Å²) in [5.74, 6) is 0.388. The average Bonchev–Trinajstić information content (AvgIpc) is 3.76. The van der Waals surface area contributed by atoms with Crippen LogP contribution in [0, 0.1) is 0 Å². The first-order valence-electron chi connectivity index (χ1n) is 19.8. The number of hydrogen-bond donors (Lipinski definition) is 3. The molecule has 0 spiro atoms. The Hall–Kier alpha value is -5.23. The number of unbranched alkanes of at least 4 members (excludes halogenated alkanes) is 2. The number of benzene rings is 3. The van der Waals surface area contributed by atoms with Gasteiger partial charge in [0, 0.05) is 49.0 Å². The number of carbonyl (C=O) groups excluding carboxylic acids is 3. The minimum Gasteiger partial charge on any atom is -0.494 e. The third-order valence-electron chi connectivity index (χ3n) is 8.89. The molecule has 0 bridgehead atoms. The van der Waals surface area contributed by atoms with Crippen molar-refractivity contribution >= 4 is 29.4 Å². The minimum atomic E-state index is -1.26. The van der Waals surface area contributed by atoms with Crippen molar-refractivity contribution in [3.8, 4) is 28.3 Å². The Morgan fingerprint density at radius 1 is 0.793 bits per heavy atom. The highest BCUT2D eigenvalue weighted by Crippen LogP contribution is 2.30. The summed E-state index contributed by atoms with van der Waals surface area (Å²) in [4.78, 5) is 49.8. The second kappa shape index (κ2) is 24.5. The lowest BCUT2D eigenvalue weighted by Crippen LogP contribution is -2.52. The molecule has 3 unspecified atom stereocenters. The van der Waals surface area contributed by atoms with Crippen LogP contribution < -0.4 is 15.4 Å². The largest absolute Gasteiger partial charge is 0.494 e. The predicted octanol–water partition coefficient (Wildman–Crippen LogP) is 9.18. The number of aliphatic hydroxyl groups excluding tert-OH is 1. The molecule has 0 aliphatic carbocycles. The maximum absolute atomic E-state index is 13.7. The summed E-state index contributed by atoms with van der Waals surface area (Å²) >= 11 is 1.37. The smallest absolute Gasteiger partial charge is 0.262 e. The van der Waals surface area contributed by atoms with E-state index in [9.17, 15) is 19.5 Å². The van der Waals surface area contributed by atoms with Crippen LogP contribution in [0.5, 0.6) is 5.75 Å². The molecule has 0 radical (unpaired) electrons. The van der Waals surface area contributed by atoms with E-state index >= 15 is 0 Å². The van der Waals surface area contributed by atoms with Gasteiger partial charge in [-0.3, -0.25) is 9.59 Å². The number of ether oxygens (including phenoxy) is 2. The molecule has 3 aromatic carbocycles. The molecule has 3 N–H and O–H groups in total. The Morgan fingerprint density at radius 2 is 1.40 bits per heavy atom. The third kappa shape index (κ3) is 14.9. The van der Waals surface area contributed by atoms with Gasteiger partial charge in [0.15, 0.2) is 5.82 Å². The molecular formula is C47H60N4O6S. The monoisotopic (exact) mass is 808 g/mol. The molecule has 310 valence electrons. The molecule has 2 heterocycles. The lowest BCUT2D eigenvalue weighted by Gasteiger charge is -2.24. The second-order valence-corrected chi connectivity index (χ2v) is 15.9. The Kier molecular flexibility index (Phi) is 19.9. The van der Waals surface area contributed by atoms with Gasteiger partial charge in [0.25, 0.3) is 5.91 Å². The number of rotatable bonds is 16. The van der Waals surface area contributed by atoms with Crippen molar-refractivity contribution < 1.29 is 29.0 Å². The zero-order valence-electron chi connectivity index (χ0n) is 35.2. The second-order valence-electron chi connectivity index (χ2n) is 14.8. The molecule has 0 saturated carbocycles. The van der Waals surface area contributed by atoms with Gasteiger partial charge in [0.05, 0.1) is 11.5 Å². The summed E-state index contributed by atoms with van der Waals surface area (Å²) in [6.45, 7) is 13.4. The third-order valence-corrected chi connectivity index (χ3v) is 10.4. The Labute approximate surface area is 348 Å². The van der Waals surface area contributed by atoms with E-state index in [0.717, 1.165) is 45.7 Å². The fraction of sp³-hybridized carbons (Fsp3) is 0.383. The summed E-state index contributed by atoms with van der Waals surface area (Å²) in [5, 5.41) is 16.4. The predicted molar refractivity (Wildman–Crippen MR) is 234 cm³/mol. The number of nitrogens with one attached hydrogen (secondary N) is 2. The van der Waals surface area contributed by atoms with Crippen molar-refractivity contribution in [3.05, 3.63) is 124 Å². The Bertz CT molecular complexity index is 1940. The zero-order valence-corrected chi connectivity index (χ0v) is 36.0. The Morgan fingerprint density at radius 3 is 1.93 bits per heavy atom. The summed E-state index contributed by atoms with van der Waals surface area (Å²) in [5.41, 5.74) is 3.77. The summed E-state index contributed by atoms with van der Waals surface area (Å²) in [7, 11) is 3.25. The van der Waals surface area contributed by atoms with E-state index in [-0.39, 0.29) is 11.8 Å². The van der Waals surface area contributed by atoms with Crippen LogP contribution in [-0.2, 0) is 26.2 Å². The molecule has 0 aliphatic rings. The van der Waals surface area contributed by atoms with Crippen LogP contribution in [0.3, 0.4) is 0 Å². The van der Waals surface area contributed by atoms with Crippen molar-refractivity contribution in [1.82, 2.24) is 20.6 Å². The van der Waals surface area contributed by atoms with Crippen molar-refractivity contribution in [1.29, 1.82) is 0 Å². The number of nitrogens with zero attached hydrogens (tertiary/aromatic N) is 2. The topological polar surface area (TPSA) is 140 Å². The summed E-state index contributed by atoms with van der Waals surface area (Å²) in [6.07, 6.45) is 7.68. The van der Waals surface area contributed by atoms with Gasteiger partial charge in [0.1, 0.15) is 30.2 Å². The molecule has 11 heteroatoms. The lowest BCUT2D eigenvalue weighted by atomic mass is 9.95. The first kappa shape index (κ1) is 47.1. The van der Waals surface area contributed by atoms with Gasteiger partial charge in [-0.25, -0.2) is 9.97 Å². The molecule has 0 saturated heterocycles. The first-order valence-corrected chi connectivity index (χ1v) is 20.6. The SMILES string of the molecule is CCCC.CCCCOc1ccc(-c2cnc(-c3ccc(CC(NC(=O)c4ccc(C(C)(C)C)s4)C(=O)NC(C=O)C(O)c4ccccc4)cc3)nc2)cc1.COC. The van der Waals surface area contributed by atoms with Crippen LogP contribution in [0.4, 0.5) is 0 Å². The summed E-state index contributed by atoms with van der Waals surface area (Å²) in [6, 6.07) is 25.4. The van der Waals surface area contributed by atoms with E-state index in [4.69, 9.17) is 4.74 Å². The normalized spacial score (nSPS) is 12.4. The number of aromatic nitrogens is 2. The number of amides is 2. The number of hydrogen-bond acceptors (Lipinski definition) is 9. The van der Waals surface area contributed by atoms with Gasteiger partial charge in [-0.05, 0) is 52.8 Å².